The second-order valence-electron chi connectivity index (χ2n) is 6.57. The molecule has 1 aliphatic rings. The van der Waals surface area contributed by atoms with E-state index in [4.69, 9.17) is 15.9 Å². The Bertz CT molecular complexity index is 654. The Morgan fingerprint density at radius 3 is 2.74 bits per heavy atom. The first-order valence-corrected chi connectivity index (χ1v) is 7.92. The van der Waals surface area contributed by atoms with E-state index in [1.165, 1.54) is 33.1 Å². The number of anilines is 1. The molecule has 0 aromatic carbocycles. The maximum absolute atomic E-state index is 8.08. The zero-order valence-corrected chi connectivity index (χ0v) is 13.8. The van der Waals surface area contributed by atoms with Crippen molar-refractivity contribution in [3.63, 3.8) is 0 Å². The van der Waals surface area contributed by atoms with E-state index >= 15 is 0 Å². The van der Waals surface area contributed by atoms with Crippen LogP contribution in [0.1, 0.15) is 45.6 Å². The third-order valence-electron chi connectivity index (χ3n) is 3.95. The molecule has 2 aromatic rings. The molecule has 0 bridgehead atoms. The molecule has 0 aliphatic heterocycles. The minimum Gasteiger partial charge on any atom is -0.383 e. The van der Waals surface area contributed by atoms with Gasteiger partial charge >= 0.3 is 0 Å². The van der Waals surface area contributed by atoms with Gasteiger partial charge in [-0.1, -0.05) is 6.08 Å². The topological polar surface area (TPSA) is 97.2 Å². The summed E-state index contributed by atoms with van der Waals surface area (Å²) in [6.07, 6.45) is 10.5. The average molecular weight is 318 g/mol. The molecule has 1 aliphatic carbocycles. The van der Waals surface area contributed by atoms with Gasteiger partial charge in [0.25, 0.3) is 0 Å². The van der Waals surface area contributed by atoms with E-state index in [-0.39, 0.29) is 0 Å². The van der Waals surface area contributed by atoms with Crippen LogP contribution in [0.25, 0.3) is 11.0 Å². The smallest absolute Gasteiger partial charge is 0.156 e. The molecule has 6 nitrogen and oxygen atoms in total. The monoisotopic (exact) mass is 318 g/mol. The fraction of sp³-hybridized carbons (Fsp3) is 0.529. The summed E-state index contributed by atoms with van der Waals surface area (Å²) in [5.74, 6) is -0.163. The SMILES string of the molecule is C=CCC1CCC(n2ccc3c(N)ncnc32)C1.CC(C)(O)O. The predicted molar refractivity (Wildman–Crippen MR) is 91.6 cm³/mol. The van der Waals surface area contributed by atoms with Crippen LogP contribution in [0.5, 0.6) is 0 Å². The summed E-state index contributed by atoms with van der Waals surface area (Å²) in [5, 5.41) is 17.1. The molecule has 2 heterocycles. The number of nitrogens with two attached hydrogens (primary N) is 1. The first-order chi connectivity index (χ1) is 10.8. The Hall–Kier alpha value is -1.92. The highest BCUT2D eigenvalue weighted by atomic mass is 16.5. The van der Waals surface area contributed by atoms with Crippen LogP contribution in [0.2, 0.25) is 0 Å². The fourth-order valence-corrected chi connectivity index (χ4v) is 3.04. The summed E-state index contributed by atoms with van der Waals surface area (Å²) in [4.78, 5) is 8.40. The lowest BCUT2D eigenvalue weighted by molar-refractivity contribution is -0.127. The summed E-state index contributed by atoms with van der Waals surface area (Å²) >= 11 is 0. The Kier molecular flexibility index (Phi) is 5.38. The maximum atomic E-state index is 8.08. The maximum Gasteiger partial charge on any atom is 0.156 e. The predicted octanol–water partition coefficient (Wildman–Crippen LogP) is 2.64. The highest BCUT2D eigenvalue weighted by Crippen LogP contribution is 2.38. The van der Waals surface area contributed by atoms with Crippen LogP contribution >= 0.6 is 0 Å². The number of fused-ring (bicyclic) bond motifs is 1. The molecule has 126 valence electrons. The Balaban J connectivity index is 0.000000338. The molecule has 0 radical (unpaired) electrons. The largest absolute Gasteiger partial charge is 0.383 e. The van der Waals surface area contributed by atoms with Crippen LogP contribution in [0.15, 0.2) is 31.2 Å². The molecule has 0 spiro atoms. The van der Waals surface area contributed by atoms with Gasteiger partial charge in [0.05, 0.1) is 5.39 Å². The van der Waals surface area contributed by atoms with Gasteiger partial charge in [0.15, 0.2) is 5.79 Å². The lowest BCUT2D eigenvalue weighted by Gasteiger charge is -2.13. The Morgan fingerprint density at radius 1 is 1.39 bits per heavy atom. The van der Waals surface area contributed by atoms with E-state index in [2.05, 4.69) is 27.3 Å². The molecule has 6 heteroatoms. The van der Waals surface area contributed by atoms with E-state index in [9.17, 15) is 0 Å². The van der Waals surface area contributed by atoms with Gasteiger partial charge in [0, 0.05) is 12.2 Å². The molecule has 2 unspecified atom stereocenters. The normalized spacial score (nSPS) is 21.0. The van der Waals surface area contributed by atoms with Gasteiger partial charge in [-0.05, 0) is 51.5 Å². The molecule has 1 saturated carbocycles. The lowest BCUT2D eigenvalue weighted by atomic mass is 10.0. The van der Waals surface area contributed by atoms with Crippen LogP contribution in [-0.4, -0.2) is 30.5 Å². The number of nitrogens with zero attached hydrogens (tertiary/aromatic N) is 3. The Morgan fingerprint density at radius 2 is 2.09 bits per heavy atom. The first-order valence-electron chi connectivity index (χ1n) is 7.92. The van der Waals surface area contributed by atoms with E-state index in [0.29, 0.717) is 11.9 Å². The van der Waals surface area contributed by atoms with Gasteiger partial charge < -0.3 is 20.5 Å². The van der Waals surface area contributed by atoms with Crippen molar-refractivity contribution in [1.82, 2.24) is 14.5 Å². The molecular weight excluding hydrogens is 292 g/mol. The zero-order valence-electron chi connectivity index (χ0n) is 13.8. The quantitative estimate of drug-likeness (QED) is 0.597. The molecule has 23 heavy (non-hydrogen) atoms. The van der Waals surface area contributed by atoms with Crippen molar-refractivity contribution in [3.05, 3.63) is 31.2 Å². The molecule has 2 atom stereocenters. The number of rotatable bonds is 3. The zero-order chi connectivity index (χ0) is 17.0. The van der Waals surface area contributed by atoms with Gasteiger partial charge in [-0.15, -0.1) is 6.58 Å². The molecule has 3 rings (SSSR count). The van der Waals surface area contributed by atoms with Gasteiger partial charge in [0.1, 0.15) is 17.8 Å². The minimum absolute atomic E-state index is 0.543. The third kappa shape index (κ3) is 4.77. The highest BCUT2D eigenvalue weighted by molar-refractivity contribution is 5.86. The molecule has 2 aromatic heterocycles. The van der Waals surface area contributed by atoms with Crippen molar-refractivity contribution in [2.45, 2.75) is 51.4 Å². The number of hydrogen-bond donors (Lipinski definition) is 3. The molecule has 4 N–H and O–H groups in total. The molecular formula is C17H26N4O2. The number of nitrogen functional groups attached to an aromatic ring is 1. The second kappa shape index (κ2) is 7.10. The highest BCUT2D eigenvalue weighted by Gasteiger charge is 2.26. The summed E-state index contributed by atoms with van der Waals surface area (Å²) in [6.45, 7) is 6.43. The standard InChI is InChI=1S/C14H18N4.C3H8O2/c1-2-3-10-4-5-11(8-10)18-7-6-12-13(15)16-9-17-14(12)18;1-3(2,4)5/h2,6-7,9-11H,1,3-5,8H2,(H2,15,16,17);4-5H,1-2H3. The Labute approximate surface area is 136 Å². The van der Waals surface area contributed by atoms with E-state index in [1.807, 2.05) is 12.1 Å². The van der Waals surface area contributed by atoms with Crippen molar-refractivity contribution in [3.8, 4) is 0 Å². The number of aromatic nitrogens is 3. The molecule has 0 amide bonds. The van der Waals surface area contributed by atoms with E-state index in [1.54, 1.807) is 6.33 Å². The summed E-state index contributed by atoms with van der Waals surface area (Å²) in [7, 11) is 0. The van der Waals surface area contributed by atoms with Crippen molar-refractivity contribution in [2.75, 3.05) is 5.73 Å². The number of aliphatic hydroxyl groups is 2. The van der Waals surface area contributed by atoms with Crippen molar-refractivity contribution in [1.29, 1.82) is 0 Å². The van der Waals surface area contributed by atoms with Crippen LogP contribution in [0.3, 0.4) is 0 Å². The molecule has 1 fully saturated rings. The van der Waals surface area contributed by atoms with Crippen LogP contribution in [0.4, 0.5) is 5.82 Å². The van der Waals surface area contributed by atoms with Crippen LogP contribution in [-0.2, 0) is 0 Å². The fourth-order valence-electron chi connectivity index (χ4n) is 3.04. The lowest BCUT2D eigenvalue weighted by Crippen LogP contribution is -2.15. The number of hydrogen-bond acceptors (Lipinski definition) is 5. The van der Waals surface area contributed by atoms with Crippen LogP contribution in [0, 0.1) is 5.92 Å². The van der Waals surface area contributed by atoms with Gasteiger partial charge in [-0.2, -0.15) is 0 Å². The van der Waals surface area contributed by atoms with Gasteiger partial charge in [0.2, 0.25) is 0 Å². The van der Waals surface area contributed by atoms with Gasteiger partial charge in [-0.25, -0.2) is 9.97 Å². The average Bonchev–Trinajstić information content (AvgIpc) is 3.04. The van der Waals surface area contributed by atoms with E-state index in [0.717, 1.165) is 23.4 Å². The summed E-state index contributed by atoms with van der Waals surface area (Å²) in [5.41, 5.74) is 6.83. The first kappa shape index (κ1) is 17.4. The number of allylic oxidation sites excluding steroid dienone is 1. The van der Waals surface area contributed by atoms with Crippen molar-refractivity contribution >= 4 is 16.9 Å². The van der Waals surface area contributed by atoms with Crippen LogP contribution < -0.4 is 5.73 Å². The summed E-state index contributed by atoms with van der Waals surface area (Å²) < 4.78 is 2.26. The van der Waals surface area contributed by atoms with Crippen molar-refractivity contribution in [2.24, 2.45) is 5.92 Å². The van der Waals surface area contributed by atoms with E-state index < -0.39 is 5.79 Å². The second-order valence-corrected chi connectivity index (χ2v) is 6.57. The van der Waals surface area contributed by atoms with Gasteiger partial charge in [-0.3, -0.25) is 0 Å². The summed E-state index contributed by atoms with van der Waals surface area (Å²) in [6, 6.07) is 2.56. The minimum atomic E-state index is -1.50. The van der Waals surface area contributed by atoms with Crippen molar-refractivity contribution < 1.29 is 10.2 Å². The molecule has 0 saturated heterocycles. The third-order valence-corrected chi connectivity index (χ3v) is 3.95.